The number of hydrogen-bond donors (Lipinski definition) is 2. The summed E-state index contributed by atoms with van der Waals surface area (Å²) >= 11 is 0. The summed E-state index contributed by atoms with van der Waals surface area (Å²) in [5.41, 5.74) is 1.61. The van der Waals surface area contributed by atoms with Crippen molar-refractivity contribution < 1.29 is 27.4 Å². The van der Waals surface area contributed by atoms with E-state index < -0.39 is 16.1 Å². The minimum atomic E-state index is -3.90. The van der Waals surface area contributed by atoms with Gasteiger partial charge in [-0.1, -0.05) is 18.2 Å². The summed E-state index contributed by atoms with van der Waals surface area (Å²) in [5, 5.41) is 2.73. The zero-order chi connectivity index (χ0) is 24.0. The van der Waals surface area contributed by atoms with Gasteiger partial charge in [-0.25, -0.2) is 8.42 Å². The number of sulfonamides is 1. The van der Waals surface area contributed by atoms with Crippen molar-refractivity contribution in [1.29, 1.82) is 0 Å². The molecule has 2 N–H and O–H groups in total. The van der Waals surface area contributed by atoms with Gasteiger partial charge in [0.15, 0.2) is 6.10 Å². The molecule has 0 aliphatic heterocycles. The molecule has 0 radical (unpaired) electrons. The van der Waals surface area contributed by atoms with Gasteiger partial charge in [0, 0.05) is 11.8 Å². The first-order valence-electron chi connectivity index (χ1n) is 10.1. The Kier molecular flexibility index (Phi) is 7.44. The Morgan fingerprint density at radius 1 is 0.909 bits per heavy atom. The van der Waals surface area contributed by atoms with Gasteiger partial charge in [0.1, 0.15) is 17.2 Å². The van der Waals surface area contributed by atoms with Crippen LogP contribution < -0.4 is 24.2 Å². The monoisotopic (exact) mass is 470 g/mol. The normalized spacial score (nSPS) is 11.9. The molecule has 3 rings (SSSR count). The maximum absolute atomic E-state index is 12.8. The van der Waals surface area contributed by atoms with Crippen molar-refractivity contribution in [3.05, 3.63) is 72.3 Å². The number of aryl methyl sites for hydroxylation is 1. The van der Waals surface area contributed by atoms with E-state index in [4.69, 9.17) is 14.2 Å². The van der Waals surface area contributed by atoms with Crippen LogP contribution in [0, 0.1) is 6.92 Å². The van der Waals surface area contributed by atoms with Crippen LogP contribution in [0.25, 0.3) is 0 Å². The van der Waals surface area contributed by atoms with E-state index in [-0.39, 0.29) is 16.5 Å². The number of ether oxygens (including phenoxy) is 3. The molecule has 0 spiro atoms. The number of hydrogen-bond acceptors (Lipinski definition) is 6. The number of amides is 1. The molecule has 0 aliphatic rings. The Labute approximate surface area is 193 Å². The second-order valence-corrected chi connectivity index (χ2v) is 8.89. The third kappa shape index (κ3) is 5.95. The third-order valence-corrected chi connectivity index (χ3v) is 6.23. The second kappa shape index (κ2) is 10.3. The molecule has 3 aromatic carbocycles. The molecule has 0 heterocycles. The first-order chi connectivity index (χ1) is 15.7. The summed E-state index contributed by atoms with van der Waals surface area (Å²) in [6.45, 7) is 3.54. The topological polar surface area (TPSA) is 103 Å². The lowest BCUT2D eigenvalue weighted by molar-refractivity contribution is -0.122. The second-order valence-electron chi connectivity index (χ2n) is 7.21. The highest BCUT2D eigenvalue weighted by Gasteiger charge is 2.19. The minimum absolute atomic E-state index is 0.0228. The third-order valence-electron chi connectivity index (χ3n) is 4.85. The maximum Gasteiger partial charge on any atom is 0.265 e. The van der Waals surface area contributed by atoms with E-state index in [2.05, 4.69) is 10.0 Å². The first kappa shape index (κ1) is 23.9. The summed E-state index contributed by atoms with van der Waals surface area (Å²) in [7, 11) is -0.969. The van der Waals surface area contributed by atoms with E-state index in [1.165, 1.54) is 44.6 Å². The van der Waals surface area contributed by atoms with Crippen molar-refractivity contribution in [2.45, 2.75) is 24.8 Å². The molecule has 0 aliphatic carbocycles. The quantitative estimate of drug-likeness (QED) is 0.485. The molecular weight excluding hydrogens is 444 g/mol. The Morgan fingerprint density at radius 2 is 1.61 bits per heavy atom. The highest BCUT2D eigenvalue weighted by atomic mass is 32.2. The van der Waals surface area contributed by atoms with E-state index in [1.807, 2.05) is 25.1 Å². The van der Waals surface area contributed by atoms with E-state index in [0.717, 1.165) is 5.56 Å². The van der Waals surface area contributed by atoms with Crippen LogP contribution in [-0.2, 0) is 14.8 Å². The number of anilines is 2. The number of benzene rings is 3. The Balaban J connectivity index is 1.69. The number of methoxy groups -OCH3 is 2. The molecule has 0 unspecified atom stereocenters. The van der Waals surface area contributed by atoms with Gasteiger partial charge in [0.25, 0.3) is 15.9 Å². The molecule has 0 fully saturated rings. The van der Waals surface area contributed by atoms with Crippen molar-refractivity contribution >= 4 is 27.3 Å². The van der Waals surface area contributed by atoms with E-state index in [0.29, 0.717) is 22.9 Å². The lowest BCUT2D eigenvalue weighted by Gasteiger charge is -2.16. The molecule has 8 nitrogen and oxygen atoms in total. The van der Waals surface area contributed by atoms with Crippen LogP contribution in [0.15, 0.2) is 71.6 Å². The zero-order valence-electron chi connectivity index (χ0n) is 18.8. The first-order valence-corrected chi connectivity index (χ1v) is 11.6. The van der Waals surface area contributed by atoms with Crippen molar-refractivity contribution in [3.8, 4) is 17.2 Å². The van der Waals surface area contributed by atoms with E-state index in [9.17, 15) is 13.2 Å². The van der Waals surface area contributed by atoms with Crippen LogP contribution in [0.4, 0.5) is 11.4 Å². The van der Waals surface area contributed by atoms with Gasteiger partial charge < -0.3 is 19.5 Å². The molecule has 174 valence electrons. The summed E-state index contributed by atoms with van der Waals surface area (Å²) in [6, 6.07) is 18.0. The van der Waals surface area contributed by atoms with Crippen LogP contribution in [0.2, 0.25) is 0 Å². The highest BCUT2D eigenvalue weighted by molar-refractivity contribution is 7.92. The van der Waals surface area contributed by atoms with Crippen molar-refractivity contribution in [2.24, 2.45) is 0 Å². The fourth-order valence-corrected chi connectivity index (χ4v) is 4.05. The van der Waals surface area contributed by atoms with Gasteiger partial charge in [-0.2, -0.15) is 0 Å². The largest absolute Gasteiger partial charge is 0.497 e. The van der Waals surface area contributed by atoms with Crippen LogP contribution in [0.5, 0.6) is 17.2 Å². The number of para-hydroxylation sites is 1. The number of carbonyl (C=O) groups is 1. The number of nitrogens with one attached hydrogen (secondary N) is 2. The molecule has 9 heteroatoms. The molecule has 1 atom stereocenters. The van der Waals surface area contributed by atoms with Crippen LogP contribution in [-0.4, -0.2) is 34.6 Å². The van der Waals surface area contributed by atoms with Gasteiger partial charge in [-0.05, 0) is 61.9 Å². The summed E-state index contributed by atoms with van der Waals surface area (Å²) in [6.07, 6.45) is -0.739. The van der Waals surface area contributed by atoms with E-state index in [1.54, 1.807) is 25.1 Å². The zero-order valence-corrected chi connectivity index (χ0v) is 19.6. The number of carbonyl (C=O) groups excluding carboxylic acids is 1. The minimum Gasteiger partial charge on any atom is -0.497 e. The Morgan fingerprint density at radius 3 is 2.24 bits per heavy atom. The molecule has 33 heavy (non-hydrogen) atoms. The van der Waals surface area contributed by atoms with E-state index >= 15 is 0 Å². The average molecular weight is 471 g/mol. The Bertz CT molecular complexity index is 1230. The van der Waals surface area contributed by atoms with Gasteiger partial charge >= 0.3 is 0 Å². The molecule has 0 saturated heterocycles. The SMILES string of the molecule is COc1ccc(OC)c(NS(=O)(=O)c2ccc(NC(=O)[C@@H](C)Oc3ccccc3C)cc2)c1. The highest BCUT2D eigenvalue weighted by Crippen LogP contribution is 2.31. The van der Waals surface area contributed by atoms with Gasteiger partial charge in [-0.3, -0.25) is 9.52 Å². The van der Waals surface area contributed by atoms with Crippen molar-refractivity contribution in [3.63, 3.8) is 0 Å². The molecule has 3 aromatic rings. The van der Waals surface area contributed by atoms with Gasteiger partial charge in [0.05, 0.1) is 24.8 Å². The number of rotatable bonds is 9. The predicted molar refractivity (Wildman–Crippen MR) is 127 cm³/mol. The van der Waals surface area contributed by atoms with Crippen LogP contribution in [0.1, 0.15) is 12.5 Å². The fraction of sp³-hybridized carbons (Fsp3) is 0.208. The summed E-state index contributed by atoms with van der Waals surface area (Å²) < 4.78 is 44.3. The van der Waals surface area contributed by atoms with Crippen molar-refractivity contribution in [2.75, 3.05) is 24.3 Å². The average Bonchev–Trinajstić information content (AvgIpc) is 2.80. The van der Waals surface area contributed by atoms with Gasteiger partial charge in [0.2, 0.25) is 0 Å². The summed E-state index contributed by atoms with van der Waals surface area (Å²) in [5.74, 6) is 1.10. The smallest absolute Gasteiger partial charge is 0.265 e. The molecular formula is C24H26N2O6S. The van der Waals surface area contributed by atoms with Crippen LogP contribution >= 0.6 is 0 Å². The molecule has 0 aromatic heterocycles. The maximum atomic E-state index is 12.8. The lowest BCUT2D eigenvalue weighted by atomic mass is 10.2. The van der Waals surface area contributed by atoms with Gasteiger partial charge in [-0.15, -0.1) is 0 Å². The van der Waals surface area contributed by atoms with Crippen molar-refractivity contribution in [1.82, 2.24) is 0 Å². The lowest BCUT2D eigenvalue weighted by Crippen LogP contribution is -2.30. The standard InChI is InChI=1S/C24H26N2O6S/c1-16-7-5-6-8-22(16)32-17(2)24(27)25-18-9-12-20(13-10-18)33(28,29)26-21-15-19(30-3)11-14-23(21)31-4/h5-15,17,26H,1-4H3,(H,25,27)/t17-/m1/s1. The molecule has 0 saturated carbocycles. The fourth-order valence-electron chi connectivity index (χ4n) is 2.99. The van der Waals surface area contributed by atoms with Crippen LogP contribution in [0.3, 0.4) is 0 Å². The molecule has 1 amide bonds. The molecule has 0 bridgehead atoms. The Hall–Kier alpha value is -3.72. The predicted octanol–water partition coefficient (Wildman–Crippen LogP) is 4.22. The summed E-state index contributed by atoms with van der Waals surface area (Å²) in [4.78, 5) is 12.5.